The van der Waals surface area contributed by atoms with Crippen molar-refractivity contribution in [1.29, 1.82) is 0 Å². The van der Waals surface area contributed by atoms with Gasteiger partial charge in [0, 0.05) is 0 Å². The Morgan fingerprint density at radius 1 is 0.750 bits per heavy atom. The Morgan fingerprint density at radius 3 is 1.00 bits per heavy atom. The van der Waals surface area contributed by atoms with Gasteiger partial charge in [-0.05, 0) is 0 Å². The Labute approximate surface area is 51.9 Å². The molecule has 0 N–H and O–H groups in total. The van der Waals surface area contributed by atoms with Crippen LogP contribution in [-0.2, 0) is 0 Å². The van der Waals surface area contributed by atoms with Crippen molar-refractivity contribution in [2.75, 3.05) is 0 Å². The van der Waals surface area contributed by atoms with Crippen LogP contribution in [0.5, 0.6) is 0 Å². The van der Waals surface area contributed by atoms with Crippen molar-refractivity contribution in [2.24, 2.45) is 0 Å². The lowest BCUT2D eigenvalue weighted by Crippen LogP contribution is -1.47. The molecular formula is C8H14. The van der Waals surface area contributed by atoms with Crippen molar-refractivity contribution < 1.29 is 0 Å². The van der Waals surface area contributed by atoms with Crippen molar-refractivity contribution in [1.82, 2.24) is 0 Å². The lowest BCUT2D eigenvalue weighted by atomic mass is 10.4. The third-order valence-corrected chi connectivity index (χ3v) is 1.25. The Bertz CT molecular complexity index is 54.5. The molecule has 0 unspecified atom stereocenters. The van der Waals surface area contributed by atoms with Crippen molar-refractivity contribution >= 4 is 0 Å². The summed E-state index contributed by atoms with van der Waals surface area (Å²) < 4.78 is 0. The molecule has 0 aromatic heterocycles. The van der Waals surface area contributed by atoms with Gasteiger partial charge in [0.15, 0.2) is 0 Å². The van der Waals surface area contributed by atoms with Gasteiger partial charge in [0.05, 0.1) is 0 Å². The van der Waals surface area contributed by atoms with Crippen LogP contribution in [0, 0.1) is 0 Å². The summed E-state index contributed by atoms with van der Waals surface area (Å²) in [5, 5.41) is 0. The van der Waals surface area contributed by atoms with Gasteiger partial charge in [-0.1, -0.05) is 45.3 Å². The Balaban J connectivity index is 0.000000145. The van der Waals surface area contributed by atoms with E-state index in [9.17, 15) is 0 Å². The first-order valence-electron chi connectivity index (χ1n) is 3.21. The first-order chi connectivity index (χ1) is 3.91. The predicted octanol–water partition coefficient (Wildman–Crippen LogP) is 2.91. The molecule has 1 rings (SSSR count). The Kier molecular flexibility index (Phi) is 6.13. The zero-order valence-electron chi connectivity index (χ0n) is 5.45. The molecule has 0 heterocycles. The average Bonchev–Trinajstić information content (AvgIpc) is 2.17. The summed E-state index contributed by atoms with van der Waals surface area (Å²) >= 11 is 0. The Morgan fingerprint density at radius 2 is 0.875 bits per heavy atom. The topological polar surface area (TPSA) is 0 Å². The molecule has 0 atom stereocenters. The number of hydrogen-bond donors (Lipinski definition) is 0. The second kappa shape index (κ2) is 6.52. The third-order valence-electron chi connectivity index (χ3n) is 1.25. The molecule has 0 saturated heterocycles. The summed E-state index contributed by atoms with van der Waals surface area (Å²) in [6.07, 6.45) is 7.50. The molecule has 0 nitrogen and oxygen atoms in total. The minimum atomic E-state index is 1.50. The van der Waals surface area contributed by atoms with Crippen LogP contribution in [0.15, 0.2) is 18.9 Å². The highest BCUT2D eigenvalue weighted by molar-refractivity contribution is 4.51. The molecule has 1 saturated carbocycles. The monoisotopic (exact) mass is 110 g/mol. The van der Waals surface area contributed by atoms with Gasteiger partial charge in [0.1, 0.15) is 0 Å². The molecule has 0 aromatic rings. The minimum absolute atomic E-state index is 1.50. The highest BCUT2D eigenvalue weighted by atomic mass is 14.0. The summed E-state index contributed by atoms with van der Waals surface area (Å²) in [6, 6.07) is 0. The molecule has 0 amide bonds. The summed E-state index contributed by atoms with van der Waals surface area (Å²) in [5.41, 5.74) is 2.25. The summed E-state index contributed by atoms with van der Waals surface area (Å²) in [5.74, 6) is 0. The molecule has 1 aliphatic rings. The second-order valence-electron chi connectivity index (χ2n) is 2.02. The maximum absolute atomic E-state index is 3.12. The van der Waals surface area contributed by atoms with Crippen molar-refractivity contribution in [3.8, 4) is 0 Å². The van der Waals surface area contributed by atoms with Crippen LogP contribution in [0.25, 0.3) is 0 Å². The largest absolute Gasteiger partial charge is 0.137 e. The van der Waals surface area contributed by atoms with E-state index in [1.165, 1.54) is 32.1 Å². The predicted molar refractivity (Wildman–Crippen MR) is 37.9 cm³/mol. The minimum Gasteiger partial charge on any atom is -0.137 e. The van der Waals surface area contributed by atoms with E-state index in [1.54, 1.807) is 0 Å². The smallest absolute Gasteiger partial charge is 0.0533 e. The van der Waals surface area contributed by atoms with E-state index in [0.29, 0.717) is 0 Å². The fraction of sp³-hybridized carbons (Fsp3) is 0.625. The van der Waals surface area contributed by atoms with E-state index < -0.39 is 0 Å². The van der Waals surface area contributed by atoms with Crippen LogP contribution in [0.4, 0.5) is 0 Å². The maximum atomic E-state index is 3.12. The molecular weight excluding hydrogens is 96.1 g/mol. The van der Waals surface area contributed by atoms with E-state index in [4.69, 9.17) is 0 Å². The fourth-order valence-corrected chi connectivity index (χ4v) is 0.884. The standard InChI is InChI=1S/C5H10.C3H4/c1-2-4-5-3-1;1-3-2/h1-5H2;1-2H2. The van der Waals surface area contributed by atoms with Gasteiger partial charge in [-0.15, -0.1) is 5.73 Å². The molecule has 46 valence electrons. The van der Waals surface area contributed by atoms with Gasteiger partial charge < -0.3 is 0 Å². The normalized spacial score (nSPS) is 16.0. The van der Waals surface area contributed by atoms with Gasteiger partial charge >= 0.3 is 0 Å². The lowest BCUT2D eigenvalue weighted by molar-refractivity contribution is 0.886. The van der Waals surface area contributed by atoms with E-state index in [0.717, 1.165) is 0 Å². The molecule has 0 radical (unpaired) electrons. The summed E-state index contributed by atoms with van der Waals surface area (Å²) in [6.45, 7) is 6.25. The van der Waals surface area contributed by atoms with Crippen molar-refractivity contribution in [3.63, 3.8) is 0 Å². The van der Waals surface area contributed by atoms with Crippen LogP contribution in [0.2, 0.25) is 0 Å². The van der Waals surface area contributed by atoms with Crippen LogP contribution in [0.3, 0.4) is 0 Å². The van der Waals surface area contributed by atoms with Gasteiger partial charge in [0.25, 0.3) is 0 Å². The van der Waals surface area contributed by atoms with Crippen LogP contribution >= 0.6 is 0 Å². The van der Waals surface area contributed by atoms with E-state index in [-0.39, 0.29) is 0 Å². The van der Waals surface area contributed by atoms with Gasteiger partial charge in [-0.2, -0.15) is 0 Å². The molecule has 0 spiro atoms. The Hall–Kier alpha value is -0.480. The highest BCUT2D eigenvalue weighted by Crippen LogP contribution is 2.15. The van der Waals surface area contributed by atoms with Crippen LogP contribution in [0.1, 0.15) is 32.1 Å². The molecule has 1 aliphatic carbocycles. The molecule has 8 heavy (non-hydrogen) atoms. The zero-order valence-corrected chi connectivity index (χ0v) is 5.45. The zero-order chi connectivity index (χ0) is 6.24. The van der Waals surface area contributed by atoms with Crippen molar-refractivity contribution in [3.05, 3.63) is 18.9 Å². The van der Waals surface area contributed by atoms with Gasteiger partial charge in [-0.25, -0.2) is 0 Å². The fourth-order valence-electron chi connectivity index (χ4n) is 0.884. The molecule has 0 bridgehead atoms. The third kappa shape index (κ3) is 5.52. The van der Waals surface area contributed by atoms with E-state index in [2.05, 4.69) is 18.9 Å². The maximum Gasteiger partial charge on any atom is -0.0533 e. The quantitative estimate of drug-likeness (QED) is 0.420. The molecule has 0 heteroatoms. The number of rotatable bonds is 0. The van der Waals surface area contributed by atoms with Crippen molar-refractivity contribution in [2.45, 2.75) is 32.1 Å². The molecule has 0 aliphatic heterocycles. The van der Waals surface area contributed by atoms with Crippen LogP contribution in [-0.4, -0.2) is 0 Å². The first kappa shape index (κ1) is 7.52. The average molecular weight is 110 g/mol. The van der Waals surface area contributed by atoms with Gasteiger partial charge in [0.2, 0.25) is 0 Å². The van der Waals surface area contributed by atoms with Crippen LogP contribution < -0.4 is 0 Å². The summed E-state index contributed by atoms with van der Waals surface area (Å²) in [4.78, 5) is 0. The van der Waals surface area contributed by atoms with E-state index in [1.807, 2.05) is 0 Å². The lowest BCUT2D eigenvalue weighted by Gasteiger charge is -1.67. The molecule has 0 aromatic carbocycles. The second-order valence-corrected chi connectivity index (χ2v) is 2.02. The first-order valence-corrected chi connectivity index (χ1v) is 3.21. The highest BCUT2D eigenvalue weighted by Gasteiger charge is 1.95. The van der Waals surface area contributed by atoms with E-state index >= 15 is 0 Å². The summed E-state index contributed by atoms with van der Waals surface area (Å²) in [7, 11) is 0. The molecule has 1 fully saturated rings. The van der Waals surface area contributed by atoms with Gasteiger partial charge in [-0.3, -0.25) is 0 Å². The number of hydrogen-bond acceptors (Lipinski definition) is 0. The SMILES string of the molecule is C1CCCC1.C=C=C.